The van der Waals surface area contributed by atoms with E-state index in [0.717, 1.165) is 4.47 Å². The zero-order chi connectivity index (χ0) is 11.5. The summed E-state index contributed by atoms with van der Waals surface area (Å²) in [5, 5.41) is -0.481. The predicted molar refractivity (Wildman–Crippen MR) is 64.0 cm³/mol. The van der Waals surface area contributed by atoms with E-state index < -0.39 is 15.2 Å². The molecule has 1 aromatic carbocycles. The number of hydrogen-bond donors (Lipinski definition) is 1. The molecule has 15 heavy (non-hydrogen) atoms. The molecule has 0 heterocycles. The van der Waals surface area contributed by atoms with Crippen molar-refractivity contribution in [3.05, 3.63) is 22.7 Å². The van der Waals surface area contributed by atoms with Crippen molar-refractivity contribution in [2.45, 2.75) is 0 Å². The Morgan fingerprint density at radius 1 is 1.53 bits per heavy atom. The maximum absolute atomic E-state index is 11.2. The third-order valence-electron chi connectivity index (χ3n) is 1.57. The van der Waals surface area contributed by atoms with Crippen LogP contribution in [0.2, 0.25) is 0 Å². The number of anilines is 1. The lowest BCUT2D eigenvalue weighted by Gasteiger charge is -2.08. The van der Waals surface area contributed by atoms with Gasteiger partial charge in [-0.05, 0) is 28.1 Å². The topological polar surface area (TPSA) is 55.4 Å². The van der Waals surface area contributed by atoms with Gasteiger partial charge in [0, 0.05) is 6.07 Å². The van der Waals surface area contributed by atoms with E-state index in [-0.39, 0.29) is 0 Å². The second kappa shape index (κ2) is 5.05. The van der Waals surface area contributed by atoms with Gasteiger partial charge in [0.05, 0.1) is 17.3 Å². The third kappa shape index (κ3) is 3.55. The minimum absolute atomic E-state index is 0.413. The Morgan fingerprint density at radius 3 is 2.73 bits per heavy atom. The first-order valence-electron chi connectivity index (χ1n) is 3.88. The number of nitrogens with one attached hydrogen (secondary N) is 1. The van der Waals surface area contributed by atoms with Gasteiger partial charge >= 0.3 is 0 Å². The van der Waals surface area contributed by atoms with Crippen LogP contribution in [0.25, 0.3) is 0 Å². The molecule has 1 aromatic rings. The van der Waals surface area contributed by atoms with Gasteiger partial charge in [-0.2, -0.15) is 0 Å². The van der Waals surface area contributed by atoms with Crippen molar-refractivity contribution in [1.82, 2.24) is 0 Å². The van der Waals surface area contributed by atoms with E-state index >= 15 is 0 Å². The zero-order valence-corrected chi connectivity index (χ0v) is 11.0. The highest BCUT2D eigenvalue weighted by Crippen LogP contribution is 2.28. The quantitative estimate of drug-likeness (QED) is 0.868. The molecule has 0 saturated heterocycles. The molecule has 0 atom stereocenters. The lowest BCUT2D eigenvalue weighted by molar-refractivity contribution is 0.412. The van der Waals surface area contributed by atoms with Crippen LogP contribution in [-0.2, 0) is 10.0 Å². The Morgan fingerprint density at radius 2 is 2.20 bits per heavy atom. The SMILES string of the molecule is COc1cc(NS(=O)(=O)CCl)ccc1Br. The number of sulfonamides is 1. The smallest absolute Gasteiger partial charge is 0.246 e. The van der Waals surface area contributed by atoms with E-state index in [4.69, 9.17) is 16.3 Å². The molecule has 0 radical (unpaired) electrons. The molecule has 0 bridgehead atoms. The molecule has 0 spiro atoms. The summed E-state index contributed by atoms with van der Waals surface area (Å²) < 4.78 is 30.4. The van der Waals surface area contributed by atoms with E-state index in [0.29, 0.717) is 11.4 Å². The number of rotatable bonds is 4. The average Bonchev–Trinajstić information content (AvgIpc) is 2.20. The van der Waals surface area contributed by atoms with Crippen LogP contribution in [0.5, 0.6) is 5.75 Å². The molecular weight excluding hydrogens is 306 g/mol. The normalized spacial score (nSPS) is 11.1. The van der Waals surface area contributed by atoms with Gasteiger partial charge in [-0.15, -0.1) is 11.6 Å². The van der Waals surface area contributed by atoms with Crippen molar-refractivity contribution in [3.63, 3.8) is 0 Å². The average molecular weight is 315 g/mol. The van der Waals surface area contributed by atoms with Crippen molar-refractivity contribution in [2.75, 3.05) is 17.0 Å². The third-order valence-corrected chi connectivity index (χ3v) is 3.92. The number of benzene rings is 1. The van der Waals surface area contributed by atoms with Crippen LogP contribution in [0.4, 0.5) is 5.69 Å². The summed E-state index contributed by atoms with van der Waals surface area (Å²) in [5.74, 6) is 0.546. The molecule has 0 aromatic heterocycles. The first kappa shape index (κ1) is 12.6. The second-order valence-corrected chi connectivity index (χ2v) is 5.84. The molecule has 0 aliphatic carbocycles. The van der Waals surface area contributed by atoms with E-state index in [1.165, 1.54) is 7.11 Å². The summed E-state index contributed by atoms with van der Waals surface area (Å²) in [6.07, 6.45) is 0. The maximum Gasteiger partial charge on any atom is 0.246 e. The summed E-state index contributed by atoms with van der Waals surface area (Å²) in [7, 11) is -1.97. The highest BCUT2D eigenvalue weighted by atomic mass is 79.9. The molecule has 1 N–H and O–H groups in total. The molecular formula is C8H9BrClNO3S. The Bertz CT molecular complexity index is 449. The summed E-state index contributed by atoms with van der Waals surface area (Å²) >= 11 is 8.52. The van der Waals surface area contributed by atoms with Crippen LogP contribution < -0.4 is 9.46 Å². The number of hydrogen-bond acceptors (Lipinski definition) is 3. The zero-order valence-electron chi connectivity index (χ0n) is 7.83. The van der Waals surface area contributed by atoms with Gasteiger partial charge in [-0.3, -0.25) is 4.72 Å². The van der Waals surface area contributed by atoms with Gasteiger partial charge in [0.2, 0.25) is 10.0 Å². The fraction of sp³-hybridized carbons (Fsp3) is 0.250. The van der Waals surface area contributed by atoms with Gasteiger partial charge in [-0.25, -0.2) is 8.42 Å². The number of halogens is 2. The lowest BCUT2D eigenvalue weighted by atomic mass is 10.3. The van der Waals surface area contributed by atoms with Crippen LogP contribution in [0.15, 0.2) is 22.7 Å². The summed E-state index contributed by atoms with van der Waals surface area (Å²) in [5.41, 5.74) is 0.413. The molecule has 0 aliphatic rings. The van der Waals surface area contributed by atoms with Crippen molar-refractivity contribution in [1.29, 1.82) is 0 Å². The van der Waals surface area contributed by atoms with Gasteiger partial charge in [-0.1, -0.05) is 0 Å². The first-order chi connectivity index (χ1) is 6.98. The van der Waals surface area contributed by atoms with Gasteiger partial charge in [0.1, 0.15) is 11.0 Å². The van der Waals surface area contributed by atoms with E-state index in [9.17, 15) is 8.42 Å². The fourth-order valence-corrected chi connectivity index (χ4v) is 2.04. The minimum atomic E-state index is -3.47. The Kier molecular flexibility index (Phi) is 4.24. The fourth-order valence-electron chi connectivity index (χ4n) is 0.930. The standard InChI is InChI=1S/C8H9BrClNO3S/c1-14-8-4-6(2-3-7(8)9)11-15(12,13)5-10/h2-4,11H,5H2,1H3. The van der Waals surface area contributed by atoms with E-state index in [1.54, 1.807) is 18.2 Å². The predicted octanol–water partition coefficient (Wildman–Crippen LogP) is 2.40. The Labute approximate surface area is 102 Å². The summed E-state index contributed by atoms with van der Waals surface area (Å²) in [6.45, 7) is 0. The number of ether oxygens (including phenoxy) is 1. The lowest BCUT2D eigenvalue weighted by Crippen LogP contribution is -2.13. The molecule has 0 saturated carbocycles. The van der Waals surface area contributed by atoms with Gasteiger partial charge < -0.3 is 4.74 Å². The molecule has 0 unspecified atom stereocenters. The monoisotopic (exact) mass is 313 g/mol. The summed E-state index contributed by atoms with van der Waals surface area (Å²) in [6, 6.07) is 4.86. The molecule has 0 fully saturated rings. The van der Waals surface area contributed by atoms with Crippen LogP contribution in [0.3, 0.4) is 0 Å². The van der Waals surface area contributed by atoms with Crippen molar-refractivity contribution in [2.24, 2.45) is 0 Å². The molecule has 7 heteroatoms. The van der Waals surface area contributed by atoms with Crippen LogP contribution in [-0.4, -0.2) is 20.7 Å². The second-order valence-electron chi connectivity index (χ2n) is 2.68. The highest BCUT2D eigenvalue weighted by molar-refractivity contribution is 9.10. The Balaban J connectivity index is 2.98. The highest BCUT2D eigenvalue weighted by Gasteiger charge is 2.09. The number of methoxy groups -OCH3 is 1. The van der Waals surface area contributed by atoms with Crippen LogP contribution in [0.1, 0.15) is 0 Å². The van der Waals surface area contributed by atoms with E-state index in [2.05, 4.69) is 20.7 Å². The Hall–Kier alpha value is -0.460. The van der Waals surface area contributed by atoms with Crippen LogP contribution >= 0.6 is 27.5 Å². The van der Waals surface area contributed by atoms with Crippen molar-refractivity contribution in [3.8, 4) is 5.75 Å². The largest absolute Gasteiger partial charge is 0.495 e. The molecule has 1 rings (SSSR count). The minimum Gasteiger partial charge on any atom is -0.495 e. The van der Waals surface area contributed by atoms with Gasteiger partial charge in [0.15, 0.2) is 0 Å². The number of alkyl halides is 1. The van der Waals surface area contributed by atoms with Gasteiger partial charge in [0.25, 0.3) is 0 Å². The van der Waals surface area contributed by atoms with Crippen molar-refractivity contribution < 1.29 is 13.2 Å². The maximum atomic E-state index is 11.2. The first-order valence-corrected chi connectivity index (χ1v) is 6.86. The summed E-state index contributed by atoms with van der Waals surface area (Å²) in [4.78, 5) is 0. The molecule has 84 valence electrons. The van der Waals surface area contributed by atoms with Crippen LogP contribution in [0, 0.1) is 0 Å². The van der Waals surface area contributed by atoms with Crippen molar-refractivity contribution >= 4 is 43.2 Å². The molecule has 4 nitrogen and oxygen atoms in total. The molecule has 0 aliphatic heterocycles. The molecule has 0 amide bonds. The van der Waals surface area contributed by atoms with E-state index in [1.807, 2.05) is 0 Å².